The first-order valence-electron chi connectivity index (χ1n) is 9.20. The van der Waals surface area contributed by atoms with E-state index >= 15 is 0 Å². The van der Waals surface area contributed by atoms with E-state index in [1.54, 1.807) is 12.3 Å². The zero-order valence-electron chi connectivity index (χ0n) is 16.2. The van der Waals surface area contributed by atoms with Gasteiger partial charge in [0.25, 0.3) is 5.91 Å². The second kappa shape index (κ2) is 8.66. The SMILES string of the molecule is C[C@@](CCn1cc2cc(Br)c(F)cc2n1)(C(=O)NOC1CCCCO1)S(C)(=O)=O. The highest BCUT2D eigenvalue weighted by Crippen LogP contribution is 2.25. The molecule has 0 spiro atoms. The molecular weight excluding hydrogens is 469 g/mol. The van der Waals surface area contributed by atoms with Gasteiger partial charge in [-0.1, -0.05) is 0 Å². The van der Waals surface area contributed by atoms with Crippen LogP contribution in [0.5, 0.6) is 0 Å². The number of benzene rings is 1. The number of halogens is 2. The van der Waals surface area contributed by atoms with Gasteiger partial charge in [0.05, 0.1) is 9.99 Å². The molecule has 8 nitrogen and oxygen atoms in total. The second-order valence-corrected chi connectivity index (χ2v) is 10.6. The Morgan fingerprint density at radius 3 is 2.90 bits per heavy atom. The van der Waals surface area contributed by atoms with Gasteiger partial charge in [0, 0.05) is 43.5 Å². The van der Waals surface area contributed by atoms with Gasteiger partial charge in [0.2, 0.25) is 0 Å². The van der Waals surface area contributed by atoms with Crippen LogP contribution in [0.1, 0.15) is 32.6 Å². The third-order valence-electron chi connectivity index (χ3n) is 5.13. The fourth-order valence-electron chi connectivity index (χ4n) is 3.01. The summed E-state index contributed by atoms with van der Waals surface area (Å²) in [6.07, 6.45) is 4.52. The van der Waals surface area contributed by atoms with E-state index in [2.05, 4.69) is 26.5 Å². The summed E-state index contributed by atoms with van der Waals surface area (Å²) < 4.78 is 43.9. The van der Waals surface area contributed by atoms with Crippen LogP contribution in [0.4, 0.5) is 4.39 Å². The number of ether oxygens (including phenoxy) is 1. The predicted octanol–water partition coefficient (Wildman–Crippen LogP) is 2.71. The van der Waals surface area contributed by atoms with Crippen molar-refractivity contribution in [2.24, 2.45) is 0 Å². The van der Waals surface area contributed by atoms with E-state index in [1.165, 1.54) is 17.7 Å². The van der Waals surface area contributed by atoms with E-state index in [4.69, 9.17) is 9.57 Å². The number of hydroxylamine groups is 1. The standard InChI is InChI=1S/C18H23BrFN3O5S/c1-18(29(2,25)26,17(24)22-28-16-5-3-4-8-27-16)6-7-23-11-12-9-13(19)14(20)10-15(12)21-23/h9-11,16H,3-8H2,1-2H3,(H,22,24)/t16?,18-/m1/s1. The van der Waals surface area contributed by atoms with E-state index in [0.717, 1.165) is 19.1 Å². The Labute approximate surface area is 176 Å². The lowest BCUT2D eigenvalue weighted by atomic mass is 10.1. The number of hydrogen-bond donors (Lipinski definition) is 1. The normalized spacial score (nSPS) is 19.8. The van der Waals surface area contributed by atoms with Crippen molar-refractivity contribution in [2.75, 3.05) is 12.9 Å². The summed E-state index contributed by atoms with van der Waals surface area (Å²) in [4.78, 5) is 17.9. The van der Waals surface area contributed by atoms with Crippen LogP contribution in [0.15, 0.2) is 22.8 Å². The maximum atomic E-state index is 13.7. The highest BCUT2D eigenvalue weighted by molar-refractivity contribution is 9.10. The summed E-state index contributed by atoms with van der Waals surface area (Å²) in [5, 5.41) is 4.95. The minimum Gasteiger partial charge on any atom is -0.350 e. The summed E-state index contributed by atoms with van der Waals surface area (Å²) in [6.45, 7) is 2.03. The largest absolute Gasteiger partial charge is 0.350 e. The van der Waals surface area contributed by atoms with Crippen molar-refractivity contribution >= 4 is 42.6 Å². The number of fused-ring (bicyclic) bond motifs is 1. The minimum atomic E-state index is -3.77. The molecule has 3 rings (SSSR count). The molecule has 1 aliphatic rings. The van der Waals surface area contributed by atoms with Gasteiger partial charge in [-0.25, -0.2) is 23.1 Å². The number of amides is 1. The molecule has 1 saturated heterocycles. The van der Waals surface area contributed by atoms with Gasteiger partial charge in [-0.05, 0) is 48.2 Å². The number of aryl methyl sites for hydroxylation is 1. The van der Waals surface area contributed by atoms with Gasteiger partial charge in [0.1, 0.15) is 5.82 Å². The summed E-state index contributed by atoms with van der Waals surface area (Å²) in [7, 11) is -3.77. The molecule has 0 bridgehead atoms. The van der Waals surface area contributed by atoms with Crippen molar-refractivity contribution in [2.45, 2.75) is 50.2 Å². The lowest BCUT2D eigenvalue weighted by molar-refractivity contribution is -0.201. The summed E-state index contributed by atoms with van der Waals surface area (Å²) in [5.74, 6) is -1.20. The number of nitrogens with one attached hydrogen (secondary N) is 1. The highest BCUT2D eigenvalue weighted by atomic mass is 79.9. The lowest BCUT2D eigenvalue weighted by Crippen LogP contribution is -2.51. The first-order valence-corrected chi connectivity index (χ1v) is 11.9. The van der Waals surface area contributed by atoms with E-state index < -0.39 is 32.6 Å². The van der Waals surface area contributed by atoms with Crippen molar-refractivity contribution in [1.29, 1.82) is 0 Å². The summed E-state index contributed by atoms with van der Waals surface area (Å²) >= 11 is 3.12. The Hall–Kier alpha value is -1.56. The highest BCUT2D eigenvalue weighted by Gasteiger charge is 2.44. The zero-order valence-corrected chi connectivity index (χ0v) is 18.6. The monoisotopic (exact) mass is 491 g/mol. The molecule has 1 amide bonds. The fourth-order valence-corrected chi connectivity index (χ4v) is 4.21. The minimum absolute atomic E-state index is 0.0375. The van der Waals surface area contributed by atoms with Gasteiger partial charge in [-0.2, -0.15) is 5.10 Å². The average Bonchev–Trinajstić information content (AvgIpc) is 3.06. The molecule has 11 heteroatoms. The number of carbonyl (C=O) groups excluding carboxylic acids is 1. The molecule has 1 aromatic heterocycles. The van der Waals surface area contributed by atoms with Crippen LogP contribution >= 0.6 is 15.9 Å². The molecule has 1 N–H and O–H groups in total. The summed E-state index contributed by atoms with van der Waals surface area (Å²) in [6, 6.07) is 2.88. The molecule has 29 heavy (non-hydrogen) atoms. The number of nitrogens with zero attached hydrogens (tertiary/aromatic N) is 2. The molecule has 160 valence electrons. The third kappa shape index (κ3) is 4.96. The molecule has 2 aromatic rings. The number of sulfone groups is 1. The first kappa shape index (κ1) is 22.1. The van der Waals surface area contributed by atoms with Crippen LogP contribution in [-0.4, -0.2) is 48.0 Å². The molecule has 1 aliphatic heterocycles. The Bertz CT molecular complexity index is 967. The molecule has 1 fully saturated rings. The molecule has 0 radical (unpaired) electrons. The van der Waals surface area contributed by atoms with Crippen LogP contribution in [0, 0.1) is 5.82 Å². The third-order valence-corrected chi connectivity index (χ3v) is 7.77. The number of carbonyl (C=O) groups is 1. The molecule has 2 heterocycles. The number of aromatic nitrogens is 2. The van der Waals surface area contributed by atoms with E-state index in [-0.39, 0.29) is 13.0 Å². The van der Waals surface area contributed by atoms with Crippen molar-refractivity contribution in [3.05, 3.63) is 28.6 Å². The van der Waals surface area contributed by atoms with E-state index in [1.807, 2.05) is 0 Å². The van der Waals surface area contributed by atoms with Gasteiger partial charge in [0.15, 0.2) is 20.9 Å². The Morgan fingerprint density at radius 2 is 2.24 bits per heavy atom. The van der Waals surface area contributed by atoms with E-state index in [0.29, 0.717) is 28.4 Å². The molecule has 1 aromatic carbocycles. The maximum Gasteiger partial charge on any atom is 0.264 e. The molecule has 0 aliphatic carbocycles. The van der Waals surface area contributed by atoms with Gasteiger partial charge in [-0.15, -0.1) is 0 Å². The molecule has 0 saturated carbocycles. The van der Waals surface area contributed by atoms with Crippen LogP contribution in [0.2, 0.25) is 0 Å². The number of rotatable bonds is 7. The quantitative estimate of drug-likeness (QED) is 0.597. The average molecular weight is 492 g/mol. The van der Waals surface area contributed by atoms with Gasteiger partial charge in [-0.3, -0.25) is 9.48 Å². The Kier molecular flexibility index (Phi) is 6.61. The van der Waals surface area contributed by atoms with Crippen molar-refractivity contribution in [3.8, 4) is 0 Å². The van der Waals surface area contributed by atoms with E-state index in [9.17, 15) is 17.6 Å². The second-order valence-electron chi connectivity index (χ2n) is 7.32. The number of hydrogen-bond acceptors (Lipinski definition) is 6. The van der Waals surface area contributed by atoms with Crippen LogP contribution in [0.25, 0.3) is 10.9 Å². The smallest absolute Gasteiger partial charge is 0.264 e. The molecular formula is C18H23BrFN3O5S. The van der Waals surface area contributed by atoms with Crippen LogP contribution in [-0.2, 0) is 30.8 Å². The predicted molar refractivity (Wildman–Crippen MR) is 108 cm³/mol. The van der Waals surface area contributed by atoms with Gasteiger partial charge < -0.3 is 4.74 Å². The van der Waals surface area contributed by atoms with Crippen molar-refractivity contribution in [1.82, 2.24) is 15.3 Å². The fraction of sp³-hybridized carbons (Fsp3) is 0.556. The van der Waals surface area contributed by atoms with Gasteiger partial charge >= 0.3 is 0 Å². The molecule has 1 unspecified atom stereocenters. The van der Waals surface area contributed by atoms with Crippen LogP contribution in [0.3, 0.4) is 0 Å². The molecule has 2 atom stereocenters. The lowest BCUT2D eigenvalue weighted by Gasteiger charge is -2.28. The maximum absolute atomic E-state index is 13.7. The van der Waals surface area contributed by atoms with Crippen LogP contribution < -0.4 is 5.48 Å². The Balaban J connectivity index is 1.72. The topological polar surface area (TPSA) is 99.5 Å². The van der Waals surface area contributed by atoms with Crippen molar-refractivity contribution in [3.63, 3.8) is 0 Å². The first-order chi connectivity index (χ1) is 13.6. The summed E-state index contributed by atoms with van der Waals surface area (Å²) in [5.41, 5.74) is 2.69. The van der Waals surface area contributed by atoms with Crippen molar-refractivity contribution < 1.29 is 27.2 Å². The zero-order chi connectivity index (χ0) is 21.2. The Morgan fingerprint density at radius 1 is 1.48 bits per heavy atom.